The molecule has 4 heteroatoms. The number of nitrogens with zero attached hydrogens (tertiary/aromatic N) is 1. The molecule has 1 rings (SSSR count). The monoisotopic (exact) mass is 248 g/mol. The van der Waals surface area contributed by atoms with Gasteiger partial charge in [0.2, 0.25) is 5.91 Å². The fourth-order valence-corrected chi connectivity index (χ4v) is 1.47. The highest BCUT2D eigenvalue weighted by atomic mass is 16.5. The molecule has 1 aromatic rings. The van der Waals surface area contributed by atoms with Crippen molar-refractivity contribution in [2.45, 2.75) is 26.7 Å². The van der Waals surface area contributed by atoms with Crippen LogP contribution in [-0.4, -0.2) is 24.8 Å². The Morgan fingerprint density at radius 3 is 2.61 bits per heavy atom. The van der Waals surface area contributed by atoms with E-state index in [1.165, 1.54) is 0 Å². The molecular formula is C14H20N2O2. The van der Waals surface area contributed by atoms with E-state index in [1.54, 1.807) is 0 Å². The van der Waals surface area contributed by atoms with Crippen LogP contribution in [0.2, 0.25) is 0 Å². The van der Waals surface area contributed by atoms with Gasteiger partial charge in [0.1, 0.15) is 0 Å². The number of carbonyl (C=O) groups excluding carboxylic acids is 1. The minimum Gasteiger partial charge on any atom is -0.381 e. The maximum atomic E-state index is 11.5. The summed E-state index contributed by atoms with van der Waals surface area (Å²) in [6.45, 7) is 4.98. The van der Waals surface area contributed by atoms with Crippen LogP contribution in [0.4, 0.5) is 0 Å². The summed E-state index contributed by atoms with van der Waals surface area (Å²) >= 11 is 0. The Morgan fingerprint density at radius 1 is 1.28 bits per heavy atom. The molecule has 0 aliphatic heterocycles. The molecule has 0 fully saturated rings. The fourth-order valence-electron chi connectivity index (χ4n) is 1.47. The van der Waals surface area contributed by atoms with Gasteiger partial charge in [0.05, 0.1) is 18.7 Å². The predicted molar refractivity (Wildman–Crippen MR) is 72.5 cm³/mol. The number of hydrogen-bond acceptors (Lipinski definition) is 3. The van der Waals surface area contributed by atoms with Crippen LogP contribution in [0.5, 0.6) is 0 Å². The van der Waals surface area contributed by atoms with E-state index >= 15 is 0 Å². The van der Waals surface area contributed by atoms with Gasteiger partial charge in [-0.1, -0.05) is 37.3 Å². The van der Waals surface area contributed by atoms with E-state index in [4.69, 9.17) is 4.74 Å². The second kappa shape index (κ2) is 8.42. The number of hydrogen-bond donors (Lipinski definition) is 1. The Bertz CT molecular complexity index is 388. The van der Waals surface area contributed by atoms with Crippen molar-refractivity contribution in [3.8, 4) is 0 Å². The number of rotatable bonds is 7. The first-order valence-electron chi connectivity index (χ1n) is 6.26. The molecule has 0 unspecified atom stereocenters. The molecular weight excluding hydrogens is 228 g/mol. The van der Waals surface area contributed by atoms with Crippen molar-refractivity contribution in [3.05, 3.63) is 35.9 Å². The van der Waals surface area contributed by atoms with Gasteiger partial charge in [-0.3, -0.25) is 4.79 Å². The largest absolute Gasteiger partial charge is 0.381 e. The molecule has 4 nitrogen and oxygen atoms in total. The lowest BCUT2D eigenvalue weighted by Crippen LogP contribution is -2.21. The van der Waals surface area contributed by atoms with Crippen molar-refractivity contribution in [2.75, 3.05) is 13.2 Å². The van der Waals surface area contributed by atoms with Crippen LogP contribution >= 0.6 is 0 Å². The Hall–Kier alpha value is -1.68. The standard InChI is InChI=1S/C14H20N2O2/c1-3-13(12-8-6-5-7-9-12)15-16-14(17)10-11-18-4-2/h5-9H,3-4,10-11H2,1-2H3,(H,16,17)/b15-13+. The zero-order valence-corrected chi connectivity index (χ0v) is 11.0. The second-order valence-corrected chi connectivity index (χ2v) is 3.76. The number of amides is 1. The van der Waals surface area contributed by atoms with E-state index in [-0.39, 0.29) is 5.91 Å². The molecule has 0 saturated heterocycles. The minimum atomic E-state index is -0.120. The van der Waals surface area contributed by atoms with Crippen molar-refractivity contribution in [1.29, 1.82) is 0 Å². The van der Waals surface area contributed by atoms with Crippen molar-refractivity contribution >= 4 is 11.6 Å². The molecule has 1 aromatic carbocycles. The summed E-state index contributed by atoms with van der Waals surface area (Å²) in [6, 6.07) is 9.83. The maximum absolute atomic E-state index is 11.5. The number of nitrogens with one attached hydrogen (secondary N) is 1. The Balaban J connectivity index is 2.51. The molecule has 0 aromatic heterocycles. The third-order valence-electron chi connectivity index (χ3n) is 2.44. The zero-order valence-electron chi connectivity index (χ0n) is 11.0. The Labute approximate surface area is 108 Å². The summed E-state index contributed by atoms with van der Waals surface area (Å²) in [5, 5.41) is 4.15. The molecule has 18 heavy (non-hydrogen) atoms. The first-order valence-corrected chi connectivity index (χ1v) is 6.26. The van der Waals surface area contributed by atoms with Crippen LogP contribution in [-0.2, 0) is 9.53 Å². The number of hydrazone groups is 1. The van der Waals surface area contributed by atoms with Gasteiger partial charge in [-0.25, -0.2) is 5.43 Å². The molecule has 0 spiro atoms. The van der Waals surface area contributed by atoms with E-state index in [0.29, 0.717) is 19.6 Å². The number of benzene rings is 1. The van der Waals surface area contributed by atoms with Gasteiger partial charge in [0.15, 0.2) is 0 Å². The highest BCUT2D eigenvalue weighted by Gasteiger charge is 2.02. The summed E-state index contributed by atoms with van der Waals surface area (Å²) in [4.78, 5) is 11.5. The average Bonchev–Trinajstić information content (AvgIpc) is 2.41. The third-order valence-corrected chi connectivity index (χ3v) is 2.44. The number of carbonyl (C=O) groups is 1. The van der Waals surface area contributed by atoms with Gasteiger partial charge in [0.25, 0.3) is 0 Å². The van der Waals surface area contributed by atoms with Crippen LogP contribution in [0.1, 0.15) is 32.3 Å². The summed E-state index contributed by atoms with van der Waals surface area (Å²) < 4.78 is 5.11. The predicted octanol–water partition coefficient (Wildman–Crippen LogP) is 2.34. The van der Waals surface area contributed by atoms with Crippen molar-refractivity contribution < 1.29 is 9.53 Å². The van der Waals surface area contributed by atoms with Crippen LogP contribution < -0.4 is 5.43 Å². The molecule has 1 amide bonds. The molecule has 98 valence electrons. The van der Waals surface area contributed by atoms with Crippen molar-refractivity contribution in [1.82, 2.24) is 5.43 Å². The van der Waals surface area contributed by atoms with E-state index in [2.05, 4.69) is 10.5 Å². The quantitative estimate of drug-likeness (QED) is 0.457. The molecule has 0 heterocycles. The Kier molecular flexibility index (Phi) is 6.72. The second-order valence-electron chi connectivity index (χ2n) is 3.76. The maximum Gasteiger partial charge on any atom is 0.242 e. The Morgan fingerprint density at radius 2 is 2.00 bits per heavy atom. The van der Waals surface area contributed by atoms with Gasteiger partial charge < -0.3 is 4.74 Å². The lowest BCUT2D eigenvalue weighted by atomic mass is 10.1. The van der Waals surface area contributed by atoms with Crippen LogP contribution in [0.25, 0.3) is 0 Å². The minimum absolute atomic E-state index is 0.120. The van der Waals surface area contributed by atoms with Gasteiger partial charge in [0, 0.05) is 6.61 Å². The van der Waals surface area contributed by atoms with Gasteiger partial charge in [-0.15, -0.1) is 0 Å². The van der Waals surface area contributed by atoms with Gasteiger partial charge >= 0.3 is 0 Å². The number of ether oxygens (including phenoxy) is 1. The van der Waals surface area contributed by atoms with E-state index in [0.717, 1.165) is 17.7 Å². The first kappa shape index (κ1) is 14.4. The molecule has 0 bridgehead atoms. The van der Waals surface area contributed by atoms with Crippen LogP contribution in [0, 0.1) is 0 Å². The fraction of sp³-hybridized carbons (Fsp3) is 0.429. The molecule has 1 N–H and O–H groups in total. The molecule has 0 aliphatic carbocycles. The SMILES string of the molecule is CCOCCC(=O)N/N=C(\CC)c1ccccc1. The van der Waals surface area contributed by atoms with Crippen molar-refractivity contribution in [3.63, 3.8) is 0 Å². The van der Waals surface area contributed by atoms with E-state index in [1.807, 2.05) is 44.2 Å². The average molecular weight is 248 g/mol. The molecule has 0 saturated carbocycles. The van der Waals surface area contributed by atoms with Crippen molar-refractivity contribution in [2.24, 2.45) is 5.10 Å². The van der Waals surface area contributed by atoms with Crippen LogP contribution in [0.3, 0.4) is 0 Å². The van der Waals surface area contributed by atoms with Gasteiger partial charge in [-0.2, -0.15) is 5.10 Å². The smallest absolute Gasteiger partial charge is 0.242 e. The highest BCUT2D eigenvalue weighted by molar-refractivity contribution is 6.00. The summed E-state index contributed by atoms with van der Waals surface area (Å²) in [7, 11) is 0. The van der Waals surface area contributed by atoms with E-state index in [9.17, 15) is 4.79 Å². The molecule has 0 radical (unpaired) electrons. The summed E-state index contributed by atoms with van der Waals surface area (Å²) in [5.74, 6) is -0.120. The molecule has 0 atom stereocenters. The zero-order chi connectivity index (χ0) is 13.2. The lowest BCUT2D eigenvalue weighted by Gasteiger charge is -2.05. The third kappa shape index (κ3) is 5.10. The lowest BCUT2D eigenvalue weighted by molar-refractivity contribution is -0.122. The highest BCUT2D eigenvalue weighted by Crippen LogP contribution is 2.03. The molecule has 0 aliphatic rings. The summed E-state index contributed by atoms with van der Waals surface area (Å²) in [5.41, 5.74) is 4.47. The van der Waals surface area contributed by atoms with Gasteiger partial charge in [-0.05, 0) is 18.9 Å². The first-order chi connectivity index (χ1) is 8.77. The van der Waals surface area contributed by atoms with E-state index < -0.39 is 0 Å². The summed E-state index contributed by atoms with van der Waals surface area (Å²) in [6.07, 6.45) is 1.11. The normalized spacial score (nSPS) is 11.3. The topological polar surface area (TPSA) is 50.7 Å². The van der Waals surface area contributed by atoms with Crippen LogP contribution in [0.15, 0.2) is 35.4 Å².